The molecule has 0 aliphatic carbocycles. The maximum atomic E-state index is 12.7. The molecule has 4 nitrogen and oxygen atoms in total. The molecule has 1 amide bonds. The molecule has 2 aliphatic rings. The van der Waals surface area contributed by atoms with Crippen molar-refractivity contribution >= 4 is 23.2 Å². The van der Waals surface area contributed by atoms with E-state index in [0.29, 0.717) is 29.2 Å². The summed E-state index contributed by atoms with van der Waals surface area (Å²) in [6.45, 7) is 6.78. The summed E-state index contributed by atoms with van der Waals surface area (Å²) >= 11 is 6.29. The number of aryl methyl sites for hydroxylation is 1. The fourth-order valence-electron chi connectivity index (χ4n) is 5.07. The number of benzene rings is 2. The van der Waals surface area contributed by atoms with E-state index in [1.165, 1.54) is 37.8 Å². The van der Waals surface area contributed by atoms with Crippen molar-refractivity contribution in [3.8, 4) is 0 Å². The van der Waals surface area contributed by atoms with Gasteiger partial charge < -0.3 is 5.32 Å². The molecule has 4 rings (SSSR count). The lowest BCUT2D eigenvalue weighted by Crippen LogP contribution is -2.46. The Hall–Kier alpha value is -1.88. The molecule has 2 aromatic carbocycles. The Morgan fingerprint density at radius 3 is 2.70 bits per heavy atom. The summed E-state index contributed by atoms with van der Waals surface area (Å²) in [5, 5.41) is 3.61. The Morgan fingerprint density at radius 2 is 1.90 bits per heavy atom. The van der Waals surface area contributed by atoms with E-state index in [1.54, 1.807) is 0 Å². The number of piperidine rings is 1. The number of anilines is 1. The van der Waals surface area contributed by atoms with Crippen LogP contribution in [0.2, 0.25) is 5.02 Å². The third-order valence-electron chi connectivity index (χ3n) is 6.49. The average Bonchev–Trinajstić information content (AvgIpc) is 3.19. The van der Waals surface area contributed by atoms with Gasteiger partial charge in [-0.25, -0.2) is 0 Å². The lowest BCUT2D eigenvalue weighted by atomic mass is 9.89. The summed E-state index contributed by atoms with van der Waals surface area (Å²) in [5.74, 6) is 0.672. The van der Waals surface area contributed by atoms with E-state index in [9.17, 15) is 4.79 Å². The molecule has 0 spiro atoms. The first-order valence-corrected chi connectivity index (χ1v) is 11.5. The van der Waals surface area contributed by atoms with Crippen LogP contribution >= 0.6 is 11.6 Å². The average molecular weight is 426 g/mol. The van der Waals surface area contributed by atoms with E-state index < -0.39 is 0 Å². The fourth-order valence-corrected chi connectivity index (χ4v) is 5.35. The molecule has 0 unspecified atom stereocenters. The standard InChI is InChI=1S/C25H32ClN3O/c1-19-11-12-23(22(26)15-19)27-25(30)18-29-14-6-10-24(29)21-9-5-13-28(17-21)16-20-7-3-2-4-8-20/h2-4,7-8,11-12,15,21,24H,5-6,9-10,13-14,16-18H2,1H3,(H,27,30)/t21-,24-/m1/s1. The van der Waals surface area contributed by atoms with Crippen LogP contribution in [0.15, 0.2) is 48.5 Å². The summed E-state index contributed by atoms with van der Waals surface area (Å²) in [7, 11) is 0. The number of nitrogens with zero attached hydrogens (tertiary/aromatic N) is 2. The second-order valence-electron chi connectivity index (χ2n) is 8.83. The van der Waals surface area contributed by atoms with Crippen molar-refractivity contribution in [2.75, 3.05) is 31.5 Å². The van der Waals surface area contributed by atoms with Crippen molar-refractivity contribution in [1.82, 2.24) is 9.80 Å². The number of amides is 1. The second-order valence-corrected chi connectivity index (χ2v) is 9.24. The first-order chi connectivity index (χ1) is 14.6. The molecule has 0 aromatic heterocycles. The minimum atomic E-state index is 0.0320. The molecule has 1 N–H and O–H groups in total. The van der Waals surface area contributed by atoms with E-state index in [1.807, 2.05) is 25.1 Å². The molecule has 2 heterocycles. The van der Waals surface area contributed by atoms with Gasteiger partial charge in [0.05, 0.1) is 17.3 Å². The highest BCUT2D eigenvalue weighted by molar-refractivity contribution is 6.33. The molecule has 2 atom stereocenters. The van der Waals surface area contributed by atoms with Crippen molar-refractivity contribution in [1.29, 1.82) is 0 Å². The Balaban J connectivity index is 1.34. The van der Waals surface area contributed by atoms with E-state index in [0.717, 1.165) is 25.2 Å². The van der Waals surface area contributed by atoms with Crippen LogP contribution in [-0.4, -0.2) is 47.9 Å². The molecule has 0 radical (unpaired) electrons. The van der Waals surface area contributed by atoms with Crippen molar-refractivity contribution in [3.05, 3.63) is 64.7 Å². The maximum Gasteiger partial charge on any atom is 0.238 e. The van der Waals surface area contributed by atoms with E-state index in [4.69, 9.17) is 11.6 Å². The number of rotatable bonds is 6. The minimum absolute atomic E-state index is 0.0320. The van der Waals surface area contributed by atoms with Crippen LogP contribution in [0.25, 0.3) is 0 Å². The fraction of sp³-hybridized carbons (Fsp3) is 0.480. The molecule has 0 bridgehead atoms. The molecule has 30 heavy (non-hydrogen) atoms. The highest BCUT2D eigenvalue weighted by Gasteiger charge is 2.35. The largest absolute Gasteiger partial charge is 0.324 e. The predicted molar refractivity (Wildman–Crippen MR) is 124 cm³/mol. The Bertz CT molecular complexity index is 857. The van der Waals surface area contributed by atoms with Gasteiger partial charge in [0.25, 0.3) is 0 Å². The molecule has 160 valence electrons. The van der Waals surface area contributed by atoms with Crippen LogP contribution in [0.1, 0.15) is 36.8 Å². The smallest absolute Gasteiger partial charge is 0.238 e. The Labute approximate surface area is 185 Å². The Morgan fingerprint density at radius 1 is 1.10 bits per heavy atom. The quantitative estimate of drug-likeness (QED) is 0.710. The number of hydrogen-bond donors (Lipinski definition) is 1. The maximum absolute atomic E-state index is 12.7. The summed E-state index contributed by atoms with van der Waals surface area (Å²) in [6.07, 6.45) is 4.88. The van der Waals surface area contributed by atoms with Gasteiger partial charge in [-0.15, -0.1) is 0 Å². The molecule has 2 saturated heterocycles. The van der Waals surface area contributed by atoms with Crippen LogP contribution in [-0.2, 0) is 11.3 Å². The number of carbonyl (C=O) groups excluding carboxylic acids is 1. The van der Waals surface area contributed by atoms with E-state index >= 15 is 0 Å². The molecule has 2 aliphatic heterocycles. The third-order valence-corrected chi connectivity index (χ3v) is 6.81. The lowest BCUT2D eigenvalue weighted by Gasteiger charge is -2.39. The van der Waals surface area contributed by atoms with Gasteiger partial charge in [0.2, 0.25) is 5.91 Å². The SMILES string of the molecule is Cc1ccc(NC(=O)CN2CCC[C@@H]2[C@@H]2CCCN(Cc3ccccc3)C2)c(Cl)c1. The Kier molecular flexibility index (Phi) is 7.08. The molecule has 5 heteroatoms. The van der Waals surface area contributed by atoms with Crippen molar-refractivity contribution in [2.24, 2.45) is 5.92 Å². The van der Waals surface area contributed by atoms with Gasteiger partial charge in [-0.1, -0.05) is 48.0 Å². The highest BCUT2D eigenvalue weighted by Crippen LogP contribution is 2.31. The van der Waals surface area contributed by atoms with Crippen molar-refractivity contribution < 1.29 is 4.79 Å². The zero-order valence-corrected chi connectivity index (χ0v) is 18.6. The normalized spacial score (nSPS) is 22.9. The number of likely N-dealkylation sites (tertiary alicyclic amines) is 2. The molecule has 2 aromatic rings. The van der Waals surface area contributed by atoms with Crippen LogP contribution in [0.4, 0.5) is 5.69 Å². The molecule has 0 saturated carbocycles. The van der Waals surface area contributed by atoms with Crippen LogP contribution in [0, 0.1) is 12.8 Å². The minimum Gasteiger partial charge on any atom is -0.324 e. The topological polar surface area (TPSA) is 35.6 Å². The zero-order chi connectivity index (χ0) is 20.9. The highest BCUT2D eigenvalue weighted by atomic mass is 35.5. The van der Waals surface area contributed by atoms with E-state index in [2.05, 4.69) is 45.4 Å². The number of hydrogen-bond acceptors (Lipinski definition) is 3. The van der Waals surface area contributed by atoms with Gasteiger partial charge in [-0.2, -0.15) is 0 Å². The van der Waals surface area contributed by atoms with Crippen LogP contribution in [0.3, 0.4) is 0 Å². The summed E-state index contributed by atoms with van der Waals surface area (Å²) < 4.78 is 0. The van der Waals surface area contributed by atoms with Crippen LogP contribution in [0.5, 0.6) is 0 Å². The first-order valence-electron chi connectivity index (χ1n) is 11.1. The number of nitrogens with one attached hydrogen (secondary N) is 1. The number of halogens is 1. The van der Waals surface area contributed by atoms with Crippen molar-refractivity contribution in [2.45, 2.75) is 45.2 Å². The van der Waals surface area contributed by atoms with E-state index in [-0.39, 0.29) is 5.91 Å². The second kappa shape index (κ2) is 9.95. The van der Waals surface area contributed by atoms with Crippen molar-refractivity contribution in [3.63, 3.8) is 0 Å². The first kappa shape index (κ1) is 21.4. The third kappa shape index (κ3) is 5.42. The van der Waals surface area contributed by atoms with Gasteiger partial charge >= 0.3 is 0 Å². The number of carbonyl (C=O) groups is 1. The molecule has 2 fully saturated rings. The van der Waals surface area contributed by atoms with Crippen LogP contribution < -0.4 is 5.32 Å². The van der Waals surface area contributed by atoms with Gasteiger partial charge in [0, 0.05) is 19.1 Å². The predicted octanol–water partition coefficient (Wildman–Crippen LogP) is 4.96. The summed E-state index contributed by atoms with van der Waals surface area (Å²) in [4.78, 5) is 17.7. The summed E-state index contributed by atoms with van der Waals surface area (Å²) in [6, 6.07) is 17.0. The van der Waals surface area contributed by atoms with Gasteiger partial charge in [-0.3, -0.25) is 14.6 Å². The van der Waals surface area contributed by atoms with Gasteiger partial charge in [-0.05, 0) is 74.9 Å². The summed E-state index contributed by atoms with van der Waals surface area (Å²) in [5.41, 5.74) is 3.18. The molecular formula is C25H32ClN3O. The molecular weight excluding hydrogens is 394 g/mol. The van der Waals surface area contributed by atoms with Gasteiger partial charge in [0.1, 0.15) is 0 Å². The van der Waals surface area contributed by atoms with Gasteiger partial charge in [0.15, 0.2) is 0 Å². The monoisotopic (exact) mass is 425 g/mol. The lowest BCUT2D eigenvalue weighted by molar-refractivity contribution is -0.117. The zero-order valence-electron chi connectivity index (χ0n) is 17.8.